The lowest BCUT2D eigenvalue weighted by Gasteiger charge is -2.35. The van der Waals surface area contributed by atoms with Crippen LogP contribution >= 0.6 is 0 Å². The van der Waals surface area contributed by atoms with Crippen molar-refractivity contribution in [3.05, 3.63) is 53.8 Å². The zero-order valence-corrected chi connectivity index (χ0v) is 25.7. The molecule has 0 saturated carbocycles. The zero-order chi connectivity index (χ0) is 30.3. The van der Waals surface area contributed by atoms with Crippen LogP contribution in [0, 0.1) is 11.7 Å². The van der Waals surface area contributed by atoms with Gasteiger partial charge < -0.3 is 24.4 Å². The first-order chi connectivity index (χ1) is 19.3. The molecule has 41 heavy (non-hydrogen) atoms. The minimum atomic E-state index is -3.90. The highest BCUT2D eigenvalue weighted by Gasteiger charge is 2.32. The SMILES string of the molecule is C[C@@H]1CCCCO[C@H](CN(C)S(=O)(=O)c2ccc(F)cc2)[C@@H](C)CN([C@@H](C)CO)C(=O)c2cc(N(C)C)ccc2O1. The number of rotatable bonds is 7. The van der Waals surface area contributed by atoms with Crippen LogP contribution < -0.4 is 9.64 Å². The minimum Gasteiger partial charge on any atom is -0.490 e. The first-order valence-corrected chi connectivity index (χ1v) is 15.5. The Labute approximate surface area is 243 Å². The second kappa shape index (κ2) is 14.4. The fourth-order valence-electron chi connectivity index (χ4n) is 4.79. The molecule has 11 heteroatoms. The van der Waals surface area contributed by atoms with E-state index in [4.69, 9.17) is 9.47 Å². The Kier molecular flexibility index (Phi) is 11.5. The van der Waals surface area contributed by atoms with E-state index in [9.17, 15) is 22.7 Å². The third-order valence-electron chi connectivity index (χ3n) is 7.51. The van der Waals surface area contributed by atoms with E-state index in [2.05, 4.69) is 0 Å². The summed E-state index contributed by atoms with van der Waals surface area (Å²) in [5, 5.41) is 10.1. The maximum absolute atomic E-state index is 14.1. The van der Waals surface area contributed by atoms with Gasteiger partial charge in [-0.1, -0.05) is 6.92 Å². The van der Waals surface area contributed by atoms with Gasteiger partial charge in [-0.05, 0) is 75.6 Å². The van der Waals surface area contributed by atoms with Crippen LogP contribution in [0.1, 0.15) is 50.4 Å². The van der Waals surface area contributed by atoms with Crippen LogP contribution in [0.3, 0.4) is 0 Å². The summed E-state index contributed by atoms with van der Waals surface area (Å²) in [4.78, 5) is 17.6. The predicted molar refractivity (Wildman–Crippen MR) is 157 cm³/mol. The molecule has 1 aliphatic rings. The predicted octanol–water partition coefficient (Wildman–Crippen LogP) is 4.01. The number of halogens is 1. The molecule has 2 aromatic rings. The van der Waals surface area contributed by atoms with E-state index in [1.807, 2.05) is 45.0 Å². The van der Waals surface area contributed by atoms with Gasteiger partial charge in [-0.2, -0.15) is 4.31 Å². The molecule has 1 aliphatic heterocycles. The number of carbonyl (C=O) groups is 1. The molecule has 0 aliphatic carbocycles. The highest BCUT2D eigenvalue weighted by molar-refractivity contribution is 7.89. The molecule has 0 radical (unpaired) electrons. The molecule has 1 amide bonds. The van der Waals surface area contributed by atoms with Crippen molar-refractivity contribution < 1.29 is 32.2 Å². The molecule has 0 unspecified atom stereocenters. The summed E-state index contributed by atoms with van der Waals surface area (Å²) in [5.41, 5.74) is 1.24. The van der Waals surface area contributed by atoms with Gasteiger partial charge in [-0.3, -0.25) is 4.79 Å². The zero-order valence-electron chi connectivity index (χ0n) is 24.9. The van der Waals surface area contributed by atoms with Gasteiger partial charge in [0.25, 0.3) is 5.91 Å². The summed E-state index contributed by atoms with van der Waals surface area (Å²) in [6.07, 6.45) is 1.66. The Hall–Kier alpha value is -2.73. The minimum absolute atomic E-state index is 0.0112. The van der Waals surface area contributed by atoms with Gasteiger partial charge in [0.1, 0.15) is 11.6 Å². The molecular weight excluding hydrogens is 549 g/mol. The molecule has 0 saturated heterocycles. The van der Waals surface area contributed by atoms with Crippen molar-refractivity contribution in [1.82, 2.24) is 9.21 Å². The number of aliphatic hydroxyl groups is 1. The molecule has 1 N–H and O–H groups in total. The van der Waals surface area contributed by atoms with E-state index >= 15 is 0 Å². The fraction of sp³-hybridized carbons (Fsp3) is 0.567. The normalized spacial score (nSPS) is 22.0. The number of likely N-dealkylation sites (N-methyl/N-ethyl adjacent to an activating group) is 1. The third-order valence-corrected chi connectivity index (χ3v) is 9.35. The first kappa shape index (κ1) is 32.8. The van der Waals surface area contributed by atoms with Gasteiger partial charge in [-0.15, -0.1) is 0 Å². The van der Waals surface area contributed by atoms with Crippen LogP contribution in [0.2, 0.25) is 0 Å². The Balaban J connectivity index is 1.96. The maximum Gasteiger partial charge on any atom is 0.258 e. The second-order valence-electron chi connectivity index (χ2n) is 11.1. The molecule has 0 spiro atoms. The van der Waals surface area contributed by atoms with E-state index in [-0.39, 0.29) is 42.5 Å². The molecule has 0 aromatic heterocycles. The quantitative estimate of drug-likeness (QED) is 0.518. The maximum atomic E-state index is 14.1. The van der Waals surface area contributed by atoms with Crippen molar-refractivity contribution in [3.63, 3.8) is 0 Å². The van der Waals surface area contributed by atoms with E-state index in [0.717, 1.165) is 37.1 Å². The molecule has 3 rings (SSSR count). The van der Waals surface area contributed by atoms with Gasteiger partial charge in [0.15, 0.2) is 0 Å². The molecule has 4 atom stereocenters. The molecular formula is C30H44FN3O6S. The second-order valence-corrected chi connectivity index (χ2v) is 13.2. The number of hydrogen-bond acceptors (Lipinski definition) is 7. The molecule has 228 valence electrons. The van der Waals surface area contributed by atoms with Crippen LogP contribution in [0.5, 0.6) is 5.75 Å². The van der Waals surface area contributed by atoms with Crippen LogP contribution in [0.25, 0.3) is 0 Å². The number of carbonyl (C=O) groups excluding carboxylic acids is 1. The molecule has 2 aromatic carbocycles. The van der Waals surface area contributed by atoms with Crippen molar-refractivity contribution in [1.29, 1.82) is 0 Å². The highest BCUT2D eigenvalue weighted by atomic mass is 32.2. The lowest BCUT2D eigenvalue weighted by molar-refractivity contribution is -0.00833. The number of benzene rings is 2. The number of aliphatic hydroxyl groups excluding tert-OH is 1. The van der Waals surface area contributed by atoms with Gasteiger partial charge in [0, 0.05) is 52.4 Å². The van der Waals surface area contributed by atoms with Crippen molar-refractivity contribution in [3.8, 4) is 5.75 Å². The van der Waals surface area contributed by atoms with Gasteiger partial charge in [-0.25, -0.2) is 12.8 Å². The lowest BCUT2D eigenvalue weighted by Crippen LogP contribution is -2.48. The summed E-state index contributed by atoms with van der Waals surface area (Å²) in [6.45, 7) is 6.08. The largest absolute Gasteiger partial charge is 0.490 e. The number of sulfonamides is 1. The smallest absolute Gasteiger partial charge is 0.258 e. The lowest BCUT2D eigenvalue weighted by atomic mass is 10.0. The number of hydrogen-bond donors (Lipinski definition) is 1. The van der Waals surface area contributed by atoms with E-state index in [1.165, 1.54) is 23.5 Å². The van der Waals surface area contributed by atoms with Crippen molar-refractivity contribution in [2.75, 3.05) is 52.3 Å². The third kappa shape index (κ3) is 8.41. The number of anilines is 1. The Morgan fingerprint density at radius 2 is 1.78 bits per heavy atom. The van der Waals surface area contributed by atoms with Gasteiger partial charge >= 0.3 is 0 Å². The summed E-state index contributed by atoms with van der Waals surface area (Å²) in [7, 11) is 1.36. The van der Waals surface area contributed by atoms with Gasteiger partial charge in [0.05, 0.1) is 35.3 Å². The van der Waals surface area contributed by atoms with Crippen molar-refractivity contribution in [2.24, 2.45) is 5.92 Å². The van der Waals surface area contributed by atoms with Crippen molar-refractivity contribution in [2.45, 2.75) is 63.2 Å². The number of fused-ring (bicyclic) bond motifs is 1. The summed E-state index contributed by atoms with van der Waals surface area (Å²) in [6, 6.07) is 9.73. The summed E-state index contributed by atoms with van der Waals surface area (Å²) >= 11 is 0. The van der Waals surface area contributed by atoms with Crippen LogP contribution in [-0.2, 0) is 14.8 Å². The number of ether oxygens (including phenoxy) is 2. The van der Waals surface area contributed by atoms with Crippen LogP contribution in [0.4, 0.5) is 10.1 Å². The standard InChI is InChI=1S/C30H44FN3O6S/c1-21-18-34(22(2)20-35)30(36)27-17-25(32(4)5)12-15-28(27)40-23(3)9-7-8-16-39-29(21)19-33(6)41(37,38)26-13-10-24(31)11-14-26/h10-15,17,21-23,29,35H,7-9,16,18-20H2,1-6H3/t21-,22-,23+,29+/m0/s1. The topological polar surface area (TPSA) is 99.6 Å². The fourth-order valence-corrected chi connectivity index (χ4v) is 5.97. The number of amides is 1. The highest BCUT2D eigenvalue weighted by Crippen LogP contribution is 2.29. The Morgan fingerprint density at radius 3 is 2.41 bits per heavy atom. The van der Waals surface area contributed by atoms with Crippen LogP contribution in [0.15, 0.2) is 47.4 Å². The molecule has 0 bridgehead atoms. The summed E-state index contributed by atoms with van der Waals surface area (Å²) in [5.74, 6) is -0.600. The monoisotopic (exact) mass is 593 g/mol. The van der Waals surface area contributed by atoms with Crippen LogP contribution in [-0.4, -0.2) is 94.3 Å². The van der Waals surface area contributed by atoms with E-state index < -0.39 is 28.0 Å². The first-order valence-electron chi connectivity index (χ1n) is 14.1. The Morgan fingerprint density at radius 1 is 1.10 bits per heavy atom. The molecule has 1 heterocycles. The molecule has 0 fully saturated rings. The number of nitrogens with zero attached hydrogens (tertiary/aromatic N) is 3. The van der Waals surface area contributed by atoms with E-state index in [0.29, 0.717) is 17.9 Å². The average molecular weight is 594 g/mol. The van der Waals surface area contributed by atoms with Gasteiger partial charge in [0.2, 0.25) is 10.0 Å². The van der Waals surface area contributed by atoms with E-state index in [1.54, 1.807) is 17.9 Å². The average Bonchev–Trinajstić information content (AvgIpc) is 2.93. The Bertz CT molecular complexity index is 1260. The summed E-state index contributed by atoms with van der Waals surface area (Å²) < 4.78 is 53.6. The van der Waals surface area contributed by atoms with Crippen molar-refractivity contribution >= 4 is 21.6 Å². The molecule has 9 nitrogen and oxygen atoms in total.